The molecule has 0 bridgehead atoms. The van der Waals surface area contributed by atoms with Gasteiger partial charge in [-0.25, -0.2) is 0 Å². The first-order valence-electron chi connectivity index (χ1n) is 7.52. The van der Waals surface area contributed by atoms with E-state index in [1.165, 1.54) is 25.7 Å². The summed E-state index contributed by atoms with van der Waals surface area (Å²) in [7, 11) is 2.20. The van der Waals surface area contributed by atoms with Crippen LogP contribution >= 0.6 is 0 Å². The topological polar surface area (TPSA) is 36.3 Å². The lowest BCUT2D eigenvalue weighted by atomic mass is 9.87. The maximum absolute atomic E-state index is 8.74. The molecule has 1 aromatic carbocycles. The first-order valence-corrected chi connectivity index (χ1v) is 7.52. The van der Waals surface area contributed by atoms with Crippen LogP contribution in [0.15, 0.2) is 24.3 Å². The van der Waals surface area contributed by atoms with Crippen LogP contribution in [-0.4, -0.2) is 31.1 Å². The summed E-state index contributed by atoms with van der Waals surface area (Å²) < 4.78 is 5.74. The Bertz CT molecular complexity index is 441. The molecule has 3 nitrogen and oxygen atoms in total. The van der Waals surface area contributed by atoms with Gasteiger partial charge in [0.1, 0.15) is 12.4 Å². The molecule has 0 spiro atoms. The molecular weight excluding hydrogens is 248 g/mol. The number of likely N-dealkylation sites (N-methyl/N-ethyl adjacent to an activating group) is 1. The van der Waals surface area contributed by atoms with Crippen LogP contribution in [0.3, 0.4) is 0 Å². The summed E-state index contributed by atoms with van der Waals surface area (Å²) in [6.07, 6.45) is 5.33. The van der Waals surface area contributed by atoms with Crippen LogP contribution in [0.2, 0.25) is 0 Å². The monoisotopic (exact) mass is 272 g/mol. The maximum Gasteiger partial charge on any atom is 0.119 e. The van der Waals surface area contributed by atoms with Crippen molar-refractivity contribution in [3.8, 4) is 11.8 Å². The van der Waals surface area contributed by atoms with Crippen LogP contribution < -0.4 is 4.74 Å². The molecule has 2 rings (SSSR count). The Morgan fingerprint density at radius 1 is 1.20 bits per heavy atom. The summed E-state index contributed by atoms with van der Waals surface area (Å²) in [6.45, 7) is 4.01. The van der Waals surface area contributed by atoms with E-state index in [2.05, 4.69) is 24.9 Å². The molecule has 1 aromatic rings. The zero-order valence-electron chi connectivity index (χ0n) is 12.5. The number of benzene rings is 1. The molecule has 108 valence electrons. The Hall–Kier alpha value is -1.53. The highest BCUT2D eigenvalue weighted by atomic mass is 16.5. The van der Waals surface area contributed by atoms with E-state index in [1.54, 1.807) is 12.1 Å². The molecule has 3 heteroatoms. The highest BCUT2D eigenvalue weighted by molar-refractivity contribution is 5.34. The van der Waals surface area contributed by atoms with Gasteiger partial charge in [-0.3, -0.25) is 0 Å². The number of rotatable bonds is 5. The lowest BCUT2D eigenvalue weighted by Crippen LogP contribution is -2.37. The van der Waals surface area contributed by atoms with Crippen molar-refractivity contribution in [1.29, 1.82) is 5.26 Å². The van der Waals surface area contributed by atoms with E-state index < -0.39 is 0 Å². The fourth-order valence-electron chi connectivity index (χ4n) is 2.80. The maximum atomic E-state index is 8.74. The van der Waals surface area contributed by atoms with E-state index in [0.717, 1.165) is 24.3 Å². The van der Waals surface area contributed by atoms with Gasteiger partial charge < -0.3 is 9.64 Å². The third-order valence-corrected chi connectivity index (χ3v) is 4.30. The standard InChI is InChI=1S/C17H24N2O/c1-14-3-7-16(8-4-14)19(2)11-12-20-17-9-5-15(13-18)6-10-17/h5-6,9-10,14,16H,3-4,7-8,11-12H2,1-2H3. The lowest BCUT2D eigenvalue weighted by molar-refractivity contribution is 0.145. The number of nitriles is 1. The van der Waals surface area contributed by atoms with E-state index in [-0.39, 0.29) is 0 Å². The van der Waals surface area contributed by atoms with Gasteiger partial charge in [-0.1, -0.05) is 6.92 Å². The van der Waals surface area contributed by atoms with E-state index in [9.17, 15) is 0 Å². The molecule has 0 atom stereocenters. The third-order valence-electron chi connectivity index (χ3n) is 4.30. The second kappa shape index (κ2) is 7.31. The Morgan fingerprint density at radius 2 is 1.85 bits per heavy atom. The Balaban J connectivity index is 1.70. The van der Waals surface area contributed by atoms with Crippen molar-refractivity contribution in [3.05, 3.63) is 29.8 Å². The molecular formula is C17H24N2O. The van der Waals surface area contributed by atoms with E-state index in [1.807, 2.05) is 12.1 Å². The molecule has 0 heterocycles. The molecule has 1 aliphatic carbocycles. The second-order valence-corrected chi connectivity index (χ2v) is 5.88. The molecule has 1 saturated carbocycles. The smallest absolute Gasteiger partial charge is 0.119 e. The Labute approximate surface area is 122 Å². The van der Waals surface area contributed by atoms with Gasteiger partial charge in [0.25, 0.3) is 0 Å². The minimum Gasteiger partial charge on any atom is -0.492 e. The molecule has 1 fully saturated rings. The quantitative estimate of drug-likeness (QED) is 0.823. The summed E-state index contributed by atoms with van der Waals surface area (Å²) in [5, 5.41) is 8.74. The van der Waals surface area contributed by atoms with Crippen LogP contribution in [0.25, 0.3) is 0 Å². The zero-order valence-corrected chi connectivity index (χ0v) is 12.5. The molecule has 0 amide bonds. The summed E-state index contributed by atoms with van der Waals surface area (Å²) >= 11 is 0. The lowest BCUT2D eigenvalue weighted by Gasteiger charge is -2.33. The first kappa shape index (κ1) is 14.9. The van der Waals surface area contributed by atoms with Crippen molar-refractivity contribution in [3.63, 3.8) is 0 Å². The number of hydrogen-bond acceptors (Lipinski definition) is 3. The van der Waals surface area contributed by atoms with Gasteiger partial charge in [-0.05, 0) is 62.9 Å². The van der Waals surface area contributed by atoms with Crippen molar-refractivity contribution in [1.82, 2.24) is 4.90 Å². The van der Waals surface area contributed by atoms with Crippen molar-refractivity contribution < 1.29 is 4.74 Å². The van der Waals surface area contributed by atoms with Crippen molar-refractivity contribution >= 4 is 0 Å². The fraction of sp³-hybridized carbons (Fsp3) is 0.588. The normalized spacial score (nSPS) is 22.5. The Kier molecular flexibility index (Phi) is 5.43. The van der Waals surface area contributed by atoms with Gasteiger partial charge in [0, 0.05) is 12.6 Å². The Morgan fingerprint density at radius 3 is 2.45 bits per heavy atom. The van der Waals surface area contributed by atoms with Crippen LogP contribution in [-0.2, 0) is 0 Å². The SMILES string of the molecule is CC1CCC(N(C)CCOc2ccc(C#N)cc2)CC1. The second-order valence-electron chi connectivity index (χ2n) is 5.88. The van der Waals surface area contributed by atoms with Gasteiger partial charge in [-0.2, -0.15) is 5.26 Å². The van der Waals surface area contributed by atoms with Gasteiger partial charge in [-0.15, -0.1) is 0 Å². The van der Waals surface area contributed by atoms with Gasteiger partial charge in [0.15, 0.2) is 0 Å². The molecule has 0 aliphatic heterocycles. The van der Waals surface area contributed by atoms with Crippen molar-refractivity contribution in [2.45, 2.75) is 38.6 Å². The minimum atomic E-state index is 0.672. The van der Waals surface area contributed by atoms with Gasteiger partial charge >= 0.3 is 0 Å². The largest absolute Gasteiger partial charge is 0.492 e. The molecule has 0 radical (unpaired) electrons. The average Bonchev–Trinajstić information content (AvgIpc) is 2.48. The van der Waals surface area contributed by atoms with E-state index in [4.69, 9.17) is 10.00 Å². The molecule has 0 unspecified atom stereocenters. The van der Waals surface area contributed by atoms with Crippen molar-refractivity contribution in [2.75, 3.05) is 20.2 Å². The minimum absolute atomic E-state index is 0.672. The third kappa shape index (κ3) is 4.25. The number of ether oxygens (including phenoxy) is 1. The summed E-state index contributed by atoms with van der Waals surface area (Å²) in [5.41, 5.74) is 0.672. The highest BCUT2D eigenvalue weighted by Crippen LogP contribution is 2.26. The van der Waals surface area contributed by atoms with Crippen LogP contribution in [0, 0.1) is 17.2 Å². The predicted molar refractivity (Wildman–Crippen MR) is 80.7 cm³/mol. The molecule has 0 aromatic heterocycles. The molecule has 0 N–H and O–H groups in total. The predicted octanol–water partition coefficient (Wildman–Crippen LogP) is 3.45. The molecule has 20 heavy (non-hydrogen) atoms. The highest BCUT2D eigenvalue weighted by Gasteiger charge is 2.21. The van der Waals surface area contributed by atoms with E-state index in [0.29, 0.717) is 12.2 Å². The summed E-state index contributed by atoms with van der Waals surface area (Å²) in [4.78, 5) is 2.43. The van der Waals surface area contributed by atoms with Crippen LogP contribution in [0.5, 0.6) is 5.75 Å². The van der Waals surface area contributed by atoms with Gasteiger partial charge in [0.05, 0.1) is 11.6 Å². The summed E-state index contributed by atoms with van der Waals surface area (Å²) in [6, 6.07) is 10.1. The number of hydrogen-bond donors (Lipinski definition) is 0. The van der Waals surface area contributed by atoms with E-state index >= 15 is 0 Å². The average molecular weight is 272 g/mol. The molecule has 0 saturated heterocycles. The summed E-state index contributed by atoms with van der Waals surface area (Å²) in [5.74, 6) is 1.74. The first-order chi connectivity index (χ1) is 9.69. The molecule has 1 aliphatic rings. The van der Waals surface area contributed by atoms with Crippen LogP contribution in [0.1, 0.15) is 38.2 Å². The van der Waals surface area contributed by atoms with Crippen molar-refractivity contribution in [2.24, 2.45) is 5.92 Å². The fourth-order valence-corrected chi connectivity index (χ4v) is 2.80. The van der Waals surface area contributed by atoms with Gasteiger partial charge in [0.2, 0.25) is 0 Å². The van der Waals surface area contributed by atoms with Crippen LogP contribution in [0.4, 0.5) is 0 Å². The zero-order chi connectivity index (χ0) is 14.4. The number of nitrogens with zero attached hydrogens (tertiary/aromatic N) is 2.